The summed E-state index contributed by atoms with van der Waals surface area (Å²) in [4.78, 5) is 4.64. The van der Waals surface area contributed by atoms with E-state index in [1.165, 1.54) is 5.39 Å². The number of hydrogen-bond donors (Lipinski definition) is 1. The van der Waals surface area contributed by atoms with Crippen LogP contribution in [-0.4, -0.2) is 11.5 Å². The van der Waals surface area contributed by atoms with Gasteiger partial charge in [0.2, 0.25) is 0 Å². The fourth-order valence-corrected chi connectivity index (χ4v) is 1.75. The van der Waals surface area contributed by atoms with E-state index in [2.05, 4.69) is 30.1 Å². The second-order valence-corrected chi connectivity index (χ2v) is 3.91. The predicted octanol–water partition coefficient (Wildman–Crippen LogP) is 2.69. The zero-order chi connectivity index (χ0) is 10.7. The van der Waals surface area contributed by atoms with Crippen LogP contribution in [0.1, 0.15) is 25.0 Å². The van der Waals surface area contributed by atoms with Crippen LogP contribution in [0.5, 0.6) is 0 Å². The Kier molecular flexibility index (Phi) is 2.97. The summed E-state index contributed by atoms with van der Waals surface area (Å²) in [7, 11) is 0. The molecule has 2 nitrogen and oxygen atoms in total. The summed E-state index contributed by atoms with van der Waals surface area (Å²) in [6.45, 7) is 2.89. The van der Waals surface area contributed by atoms with Gasteiger partial charge in [0.05, 0.1) is 5.52 Å². The summed E-state index contributed by atoms with van der Waals surface area (Å²) in [5.74, 6) is 0.444. The van der Waals surface area contributed by atoms with E-state index in [0.29, 0.717) is 5.92 Å². The quantitative estimate of drug-likeness (QED) is 0.827. The van der Waals surface area contributed by atoms with Gasteiger partial charge < -0.3 is 5.73 Å². The highest BCUT2D eigenvalue weighted by Crippen LogP contribution is 2.19. The maximum absolute atomic E-state index is 5.55. The zero-order valence-electron chi connectivity index (χ0n) is 8.98. The summed E-state index contributed by atoms with van der Waals surface area (Å²) in [5.41, 5.74) is 7.76. The molecule has 0 fully saturated rings. The number of nitrogens with zero attached hydrogens (tertiary/aromatic N) is 1. The molecular weight excluding hydrogens is 184 g/mol. The maximum atomic E-state index is 5.55. The van der Waals surface area contributed by atoms with Crippen LogP contribution in [0.25, 0.3) is 10.9 Å². The SMILES string of the molecule is CC(CCN)c1ccc2ccccc2n1. The first-order valence-corrected chi connectivity index (χ1v) is 5.37. The molecule has 0 aliphatic heterocycles. The number of pyridine rings is 1. The average molecular weight is 200 g/mol. The van der Waals surface area contributed by atoms with Crippen LogP contribution in [0.3, 0.4) is 0 Å². The monoisotopic (exact) mass is 200 g/mol. The molecule has 2 aromatic rings. The lowest BCUT2D eigenvalue weighted by Crippen LogP contribution is -2.05. The average Bonchev–Trinajstić information content (AvgIpc) is 2.29. The van der Waals surface area contributed by atoms with Crippen molar-refractivity contribution >= 4 is 10.9 Å². The topological polar surface area (TPSA) is 38.9 Å². The van der Waals surface area contributed by atoms with Crippen molar-refractivity contribution in [1.29, 1.82) is 0 Å². The fraction of sp³-hybridized carbons (Fsp3) is 0.308. The van der Waals surface area contributed by atoms with Gasteiger partial charge in [-0.1, -0.05) is 31.2 Å². The van der Waals surface area contributed by atoms with E-state index in [-0.39, 0.29) is 0 Å². The van der Waals surface area contributed by atoms with Gasteiger partial charge in [0.25, 0.3) is 0 Å². The van der Waals surface area contributed by atoms with E-state index in [1.54, 1.807) is 0 Å². The molecule has 0 radical (unpaired) electrons. The molecule has 1 atom stereocenters. The van der Waals surface area contributed by atoms with Gasteiger partial charge in [-0.15, -0.1) is 0 Å². The van der Waals surface area contributed by atoms with Gasteiger partial charge in [0.15, 0.2) is 0 Å². The summed E-state index contributed by atoms with van der Waals surface area (Å²) < 4.78 is 0. The van der Waals surface area contributed by atoms with Crippen LogP contribution >= 0.6 is 0 Å². The van der Waals surface area contributed by atoms with E-state index in [0.717, 1.165) is 24.2 Å². The van der Waals surface area contributed by atoms with Gasteiger partial charge >= 0.3 is 0 Å². The number of rotatable bonds is 3. The Balaban J connectivity index is 2.38. The molecule has 78 valence electrons. The first-order valence-electron chi connectivity index (χ1n) is 5.37. The Morgan fingerprint density at radius 2 is 2.00 bits per heavy atom. The number of fused-ring (bicyclic) bond motifs is 1. The van der Waals surface area contributed by atoms with Gasteiger partial charge in [0.1, 0.15) is 0 Å². The van der Waals surface area contributed by atoms with Gasteiger partial charge in [0, 0.05) is 11.1 Å². The molecule has 0 amide bonds. The van der Waals surface area contributed by atoms with Gasteiger partial charge in [-0.05, 0) is 31.0 Å². The number of hydrogen-bond acceptors (Lipinski definition) is 2. The Labute approximate surface area is 90.1 Å². The van der Waals surface area contributed by atoms with Crippen LogP contribution in [0, 0.1) is 0 Å². The molecule has 0 saturated carbocycles. The highest BCUT2D eigenvalue weighted by atomic mass is 14.7. The highest BCUT2D eigenvalue weighted by Gasteiger charge is 2.06. The smallest absolute Gasteiger partial charge is 0.0705 e. The molecule has 1 heterocycles. The molecule has 1 unspecified atom stereocenters. The lowest BCUT2D eigenvalue weighted by atomic mass is 10.0. The van der Waals surface area contributed by atoms with Crippen molar-refractivity contribution in [2.24, 2.45) is 5.73 Å². The van der Waals surface area contributed by atoms with E-state index in [1.807, 2.05) is 18.2 Å². The summed E-state index contributed by atoms with van der Waals surface area (Å²) in [6, 6.07) is 12.4. The van der Waals surface area contributed by atoms with Crippen molar-refractivity contribution in [2.45, 2.75) is 19.3 Å². The summed E-state index contributed by atoms with van der Waals surface area (Å²) in [5, 5.41) is 1.20. The molecule has 15 heavy (non-hydrogen) atoms. The van der Waals surface area contributed by atoms with Crippen LogP contribution < -0.4 is 5.73 Å². The lowest BCUT2D eigenvalue weighted by Gasteiger charge is -2.09. The minimum atomic E-state index is 0.444. The molecule has 0 aliphatic rings. The second kappa shape index (κ2) is 4.41. The third kappa shape index (κ3) is 2.16. The molecule has 2 rings (SSSR count). The van der Waals surface area contributed by atoms with Crippen LogP contribution in [0.15, 0.2) is 36.4 Å². The van der Waals surface area contributed by atoms with Crippen molar-refractivity contribution < 1.29 is 0 Å². The van der Waals surface area contributed by atoms with Crippen LogP contribution in [0.4, 0.5) is 0 Å². The molecule has 0 bridgehead atoms. The molecule has 0 spiro atoms. The van der Waals surface area contributed by atoms with E-state index < -0.39 is 0 Å². The maximum Gasteiger partial charge on any atom is 0.0705 e. The third-order valence-corrected chi connectivity index (χ3v) is 2.72. The zero-order valence-corrected chi connectivity index (χ0v) is 8.98. The normalized spacial score (nSPS) is 12.9. The Hall–Kier alpha value is -1.41. The van der Waals surface area contributed by atoms with Crippen molar-refractivity contribution in [1.82, 2.24) is 4.98 Å². The lowest BCUT2D eigenvalue weighted by molar-refractivity contribution is 0.673. The third-order valence-electron chi connectivity index (χ3n) is 2.72. The van der Waals surface area contributed by atoms with E-state index in [4.69, 9.17) is 5.73 Å². The van der Waals surface area contributed by atoms with Crippen molar-refractivity contribution in [3.8, 4) is 0 Å². The van der Waals surface area contributed by atoms with Crippen LogP contribution in [0.2, 0.25) is 0 Å². The van der Waals surface area contributed by atoms with Crippen molar-refractivity contribution in [3.63, 3.8) is 0 Å². The molecule has 0 aliphatic carbocycles. The van der Waals surface area contributed by atoms with Crippen molar-refractivity contribution in [3.05, 3.63) is 42.1 Å². The standard InChI is InChI=1S/C13H16N2/c1-10(8-9-14)12-7-6-11-4-2-3-5-13(11)15-12/h2-7,10H,8-9,14H2,1H3. The predicted molar refractivity (Wildman–Crippen MR) is 63.8 cm³/mol. The van der Waals surface area contributed by atoms with E-state index >= 15 is 0 Å². The first kappa shape index (κ1) is 10.1. The molecule has 0 saturated heterocycles. The Morgan fingerprint density at radius 1 is 1.20 bits per heavy atom. The summed E-state index contributed by atoms with van der Waals surface area (Å²) >= 11 is 0. The minimum absolute atomic E-state index is 0.444. The number of aromatic nitrogens is 1. The number of benzene rings is 1. The summed E-state index contributed by atoms with van der Waals surface area (Å²) in [6.07, 6.45) is 0.991. The molecular formula is C13H16N2. The molecule has 1 aromatic carbocycles. The number of para-hydroxylation sites is 1. The molecule has 2 N–H and O–H groups in total. The largest absolute Gasteiger partial charge is 0.330 e. The molecule has 2 heteroatoms. The van der Waals surface area contributed by atoms with Crippen molar-refractivity contribution in [2.75, 3.05) is 6.54 Å². The van der Waals surface area contributed by atoms with Gasteiger partial charge in [-0.3, -0.25) is 4.98 Å². The number of nitrogens with two attached hydrogens (primary N) is 1. The molecule has 1 aromatic heterocycles. The van der Waals surface area contributed by atoms with Crippen LogP contribution in [-0.2, 0) is 0 Å². The second-order valence-electron chi connectivity index (χ2n) is 3.91. The Bertz CT molecular complexity index is 451. The minimum Gasteiger partial charge on any atom is -0.330 e. The Morgan fingerprint density at radius 3 is 2.80 bits per heavy atom. The van der Waals surface area contributed by atoms with Gasteiger partial charge in [-0.2, -0.15) is 0 Å². The van der Waals surface area contributed by atoms with Gasteiger partial charge in [-0.25, -0.2) is 0 Å². The van der Waals surface area contributed by atoms with E-state index in [9.17, 15) is 0 Å². The highest BCUT2D eigenvalue weighted by molar-refractivity contribution is 5.78. The first-order chi connectivity index (χ1) is 7.31. The fourth-order valence-electron chi connectivity index (χ4n) is 1.75.